The second-order valence-electron chi connectivity index (χ2n) is 8.85. The lowest BCUT2D eigenvalue weighted by Crippen LogP contribution is -2.24. The standard InChI is InChI=1S/C27H33O2S4.Al.HI.H/c1-4-6-8-12-28-20-15-21(30-18-20)10-11-23-22(29-13-9-7-5-2)16-25(32-23)27-17-26-24(33-27)14-19(3)31-26;;;/h10-11,14-18,20H,4-9,12-13H2,1-3H3;;1H;/q;+1;;/p-1/b11-10+;;;. The zero-order valence-electron chi connectivity index (χ0n) is 20.8. The first-order chi connectivity index (χ1) is 17.1. The lowest BCUT2D eigenvalue weighted by atomic mass is 10.2. The lowest BCUT2D eigenvalue weighted by Gasteiger charge is -2.16. The number of hydrogen-bond donors (Lipinski definition) is 0. The number of allylic oxidation sites excluding steroid dienone is 1. The van der Waals surface area contributed by atoms with Crippen LogP contribution in [0.2, 0.25) is 0 Å². The van der Waals surface area contributed by atoms with Crippen molar-refractivity contribution in [2.75, 3.05) is 13.2 Å². The highest BCUT2D eigenvalue weighted by molar-refractivity contribution is 14.1. The fourth-order valence-corrected chi connectivity index (χ4v) is 12.8. The second-order valence-corrected chi connectivity index (χ2v) is 18.0. The van der Waals surface area contributed by atoms with Crippen molar-refractivity contribution in [2.24, 2.45) is 0 Å². The van der Waals surface area contributed by atoms with Crippen LogP contribution in [0, 0.1) is 6.92 Å². The van der Waals surface area contributed by atoms with Crippen LogP contribution in [0.1, 0.15) is 62.1 Å². The smallest absolute Gasteiger partial charge is 0.356 e. The Balaban J connectivity index is 1.50. The Morgan fingerprint density at radius 2 is 1.66 bits per heavy atom. The van der Waals surface area contributed by atoms with Crippen LogP contribution in [0.25, 0.3) is 25.2 Å². The van der Waals surface area contributed by atoms with E-state index in [1.54, 1.807) is 0 Å². The summed E-state index contributed by atoms with van der Waals surface area (Å²) in [4.78, 5) is 6.61. The van der Waals surface area contributed by atoms with Gasteiger partial charge in [-0.1, -0.05) is 39.5 Å². The van der Waals surface area contributed by atoms with Gasteiger partial charge in [0.15, 0.2) is 0 Å². The van der Waals surface area contributed by atoms with Gasteiger partial charge in [-0.25, -0.2) is 20.3 Å². The molecule has 2 unspecified atom stereocenters. The third-order valence-electron chi connectivity index (χ3n) is 5.90. The zero-order valence-corrected chi connectivity index (χ0v) is 27.6. The van der Waals surface area contributed by atoms with E-state index in [4.69, 9.17) is 9.47 Å². The normalized spacial score (nSPS) is 18.1. The summed E-state index contributed by atoms with van der Waals surface area (Å²) in [7, 11) is 0. The number of rotatable bonds is 14. The number of thioether (sulfide) groups is 1. The molecule has 35 heavy (non-hydrogen) atoms. The van der Waals surface area contributed by atoms with Crippen molar-refractivity contribution in [1.29, 1.82) is 0 Å². The molecule has 2 atom stereocenters. The van der Waals surface area contributed by atoms with E-state index >= 15 is 0 Å². The molecule has 0 amide bonds. The number of thiophene rings is 3. The Bertz CT molecular complexity index is 1110. The Morgan fingerprint density at radius 1 is 0.914 bits per heavy atom. The van der Waals surface area contributed by atoms with Gasteiger partial charge in [-0.05, 0) is 50.1 Å². The van der Waals surface area contributed by atoms with E-state index in [-0.39, 0.29) is 18.0 Å². The van der Waals surface area contributed by atoms with E-state index < -0.39 is 0 Å². The first kappa shape index (κ1) is 28.2. The minimum atomic E-state index is -0.171. The van der Waals surface area contributed by atoms with Crippen LogP contribution >= 0.6 is 66.0 Å². The van der Waals surface area contributed by atoms with Crippen molar-refractivity contribution in [1.82, 2.24) is 0 Å². The Hall–Kier alpha value is 0.212. The van der Waals surface area contributed by atoms with Gasteiger partial charge in [0.2, 0.25) is 0 Å². The second kappa shape index (κ2) is 14.4. The van der Waals surface area contributed by atoms with Gasteiger partial charge in [-0.15, -0.1) is 45.8 Å². The first-order valence-corrected chi connectivity index (χ1v) is 21.9. The molecule has 2 nitrogen and oxygen atoms in total. The fourth-order valence-electron chi connectivity index (χ4n) is 4.00. The SMILES string of the molecule is CCCCCOc1cc(-c2cc3sc(C)cc3s2)sc1/C=C/C1=CC(OCCCCC)[CH]([AlH][I])S1. The molecule has 8 heteroatoms. The molecule has 0 radical (unpaired) electrons. The van der Waals surface area contributed by atoms with E-state index in [1.165, 1.54) is 65.9 Å². The van der Waals surface area contributed by atoms with Gasteiger partial charge in [0.05, 0.1) is 17.6 Å². The minimum Gasteiger partial charge on any atom is -0.492 e. The molecule has 0 spiro atoms. The van der Waals surface area contributed by atoms with Gasteiger partial charge >= 0.3 is 11.9 Å². The highest BCUT2D eigenvalue weighted by Gasteiger charge is 2.28. The van der Waals surface area contributed by atoms with Gasteiger partial charge in [0.25, 0.3) is 0 Å². The van der Waals surface area contributed by atoms with Crippen LogP contribution < -0.4 is 4.74 Å². The fraction of sp³-hybridized carbons (Fsp3) is 0.481. The van der Waals surface area contributed by atoms with Crippen molar-refractivity contribution in [3.63, 3.8) is 0 Å². The van der Waals surface area contributed by atoms with E-state index in [2.05, 4.69) is 77.5 Å². The van der Waals surface area contributed by atoms with Gasteiger partial charge < -0.3 is 9.47 Å². The molecule has 3 aromatic heterocycles. The maximum atomic E-state index is 6.29. The summed E-state index contributed by atoms with van der Waals surface area (Å²) in [5.74, 6) is 1.03. The van der Waals surface area contributed by atoms with Crippen LogP contribution in [0.15, 0.2) is 35.3 Å². The molecule has 188 valence electrons. The number of ether oxygens (including phenoxy) is 2. The van der Waals surface area contributed by atoms with Crippen LogP contribution in [0.4, 0.5) is 0 Å². The molecular weight excluding hydrogens is 638 g/mol. The summed E-state index contributed by atoms with van der Waals surface area (Å²) in [6.45, 7) is 8.34. The molecule has 0 N–H and O–H groups in total. The summed E-state index contributed by atoms with van der Waals surface area (Å²) < 4.78 is 16.0. The minimum absolute atomic E-state index is 0.171. The molecule has 0 saturated carbocycles. The number of hydrogen-bond acceptors (Lipinski definition) is 6. The quantitative estimate of drug-likeness (QED) is 0.0965. The topological polar surface area (TPSA) is 18.5 Å². The molecule has 0 bridgehead atoms. The third kappa shape index (κ3) is 7.86. The maximum absolute atomic E-state index is 6.29. The number of unbranched alkanes of at least 4 members (excludes halogenated alkanes) is 4. The number of fused-ring (bicyclic) bond motifs is 1. The van der Waals surface area contributed by atoms with Crippen LogP contribution in [-0.2, 0) is 4.74 Å². The predicted molar refractivity (Wildman–Crippen MR) is 172 cm³/mol. The monoisotopic (exact) mass is 672 g/mol. The van der Waals surface area contributed by atoms with Crippen molar-refractivity contribution in [3.05, 3.63) is 45.0 Å². The molecule has 4 heterocycles. The van der Waals surface area contributed by atoms with E-state index in [1.807, 2.05) is 45.8 Å². The first-order valence-electron chi connectivity index (χ1n) is 12.6. The summed E-state index contributed by atoms with van der Waals surface area (Å²) >= 11 is 10.1. The zero-order chi connectivity index (χ0) is 24.6. The van der Waals surface area contributed by atoms with Crippen molar-refractivity contribution in [2.45, 2.75) is 69.5 Å². The average Bonchev–Trinajstić information content (AvgIpc) is 3.60. The summed E-state index contributed by atoms with van der Waals surface area (Å²) in [6, 6.07) is 6.92. The summed E-state index contributed by atoms with van der Waals surface area (Å²) in [5, 5.41) is 0. The molecule has 0 aromatic carbocycles. The van der Waals surface area contributed by atoms with Gasteiger partial charge in [0.1, 0.15) is 5.75 Å². The Labute approximate surface area is 244 Å². The largest absolute Gasteiger partial charge is 0.492 e. The summed E-state index contributed by atoms with van der Waals surface area (Å²) in [5.41, 5.74) is 0. The highest BCUT2D eigenvalue weighted by atomic mass is 127. The van der Waals surface area contributed by atoms with Crippen LogP contribution in [-0.4, -0.2) is 35.4 Å². The molecule has 0 saturated heterocycles. The summed E-state index contributed by atoms with van der Waals surface area (Å²) in [6.07, 6.45) is 14.4. The Morgan fingerprint density at radius 3 is 2.40 bits per heavy atom. The third-order valence-corrected chi connectivity index (χ3v) is 16.9. The van der Waals surface area contributed by atoms with Gasteiger partial charge in [0, 0.05) is 45.7 Å². The number of aryl methyl sites for hydroxylation is 1. The van der Waals surface area contributed by atoms with E-state index in [0.29, 0.717) is 4.11 Å². The molecule has 3 aromatic rings. The molecule has 1 aliphatic rings. The Kier molecular flexibility index (Phi) is 11.6. The van der Waals surface area contributed by atoms with Gasteiger partial charge in [-0.2, -0.15) is 0 Å². The number of halogens is 1. The molecule has 0 fully saturated rings. The molecule has 1 aliphatic heterocycles. The molecule has 0 aliphatic carbocycles. The van der Waals surface area contributed by atoms with E-state index in [0.717, 1.165) is 25.4 Å². The van der Waals surface area contributed by atoms with Crippen molar-refractivity contribution < 1.29 is 9.47 Å². The lowest BCUT2D eigenvalue weighted by molar-refractivity contribution is 0.0928. The molecular formula is C27H34AlIO2S4. The van der Waals surface area contributed by atoms with Crippen molar-refractivity contribution in [3.8, 4) is 15.5 Å². The highest BCUT2D eigenvalue weighted by Crippen LogP contribution is 2.44. The van der Waals surface area contributed by atoms with Crippen LogP contribution in [0.5, 0.6) is 5.75 Å². The van der Waals surface area contributed by atoms with Crippen molar-refractivity contribution >= 4 is 93.5 Å². The van der Waals surface area contributed by atoms with Gasteiger partial charge in [-0.3, -0.25) is 0 Å². The molecule has 4 rings (SSSR count). The average molecular weight is 673 g/mol. The van der Waals surface area contributed by atoms with E-state index in [9.17, 15) is 0 Å². The predicted octanol–water partition coefficient (Wildman–Crippen LogP) is 9.90. The maximum Gasteiger partial charge on any atom is 0.356 e. The van der Waals surface area contributed by atoms with Crippen LogP contribution in [0.3, 0.4) is 0 Å².